The Labute approximate surface area is 199 Å². The maximum absolute atomic E-state index is 12.6. The van der Waals surface area contributed by atoms with E-state index in [9.17, 15) is 10.1 Å². The molecule has 0 aromatic heterocycles. The number of halogens is 1. The number of nitrogens with zero attached hydrogens (tertiary/aromatic N) is 1. The van der Waals surface area contributed by atoms with E-state index in [4.69, 9.17) is 21.1 Å². The summed E-state index contributed by atoms with van der Waals surface area (Å²) in [5.41, 5.74) is 5.52. The summed E-state index contributed by atoms with van der Waals surface area (Å²) in [7, 11) is 1.51. The van der Waals surface area contributed by atoms with Crippen molar-refractivity contribution in [2.24, 2.45) is 0 Å². The predicted molar refractivity (Wildman–Crippen MR) is 132 cm³/mol. The molecule has 0 bridgehead atoms. The Morgan fingerprint density at radius 1 is 1.09 bits per heavy atom. The van der Waals surface area contributed by atoms with E-state index in [1.165, 1.54) is 24.3 Å². The molecular weight excluding hydrogens is 436 g/mol. The van der Waals surface area contributed by atoms with Crippen LogP contribution >= 0.6 is 11.6 Å². The molecule has 6 heteroatoms. The lowest BCUT2D eigenvalue weighted by Gasteiger charge is -2.14. The van der Waals surface area contributed by atoms with Gasteiger partial charge < -0.3 is 14.8 Å². The number of nitriles is 1. The van der Waals surface area contributed by atoms with Gasteiger partial charge in [0.1, 0.15) is 18.2 Å². The Morgan fingerprint density at radius 3 is 2.55 bits per heavy atom. The largest absolute Gasteiger partial charge is 0.493 e. The van der Waals surface area contributed by atoms with Crippen LogP contribution in [0.2, 0.25) is 5.02 Å². The molecule has 0 aliphatic rings. The zero-order valence-electron chi connectivity index (χ0n) is 19.0. The van der Waals surface area contributed by atoms with Gasteiger partial charge in [-0.05, 0) is 78.9 Å². The third kappa shape index (κ3) is 6.15. The lowest BCUT2D eigenvalue weighted by atomic mass is 10.1. The number of methoxy groups -OCH3 is 1. The number of rotatable bonds is 7. The van der Waals surface area contributed by atoms with Crippen LogP contribution in [0.4, 0.5) is 5.69 Å². The lowest BCUT2D eigenvalue weighted by Crippen LogP contribution is -2.13. The van der Waals surface area contributed by atoms with Gasteiger partial charge >= 0.3 is 0 Å². The van der Waals surface area contributed by atoms with Crippen molar-refractivity contribution >= 4 is 29.3 Å². The Kier molecular flexibility index (Phi) is 7.76. The van der Waals surface area contributed by atoms with Crippen molar-refractivity contribution in [2.45, 2.75) is 27.4 Å². The van der Waals surface area contributed by atoms with Gasteiger partial charge in [-0.25, -0.2) is 0 Å². The summed E-state index contributed by atoms with van der Waals surface area (Å²) in [6, 6.07) is 18.7. The number of hydrogen-bond acceptors (Lipinski definition) is 4. The van der Waals surface area contributed by atoms with Crippen LogP contribution in [0.5, 0.6) is 11.5 Å². The van der Waals surface area contributed by atoms with Gasteiger partial charge in [0.15, 0.2) is 11.5 Å². The molecule has 0 unspecified atom stereocenters. The second-order valence-corrected chi connectivity index (χ2v) is 8.14. The summed E-state index contributed by atoms with van der Waals surface area (Å²) in [6.07, 6.45) is 1.46. The molecule has 0 fully saturated rings. The van der Waals surface area contributed by atoms with Gasteiger partial charge in [-0.15, -0.1) is 0 Å². The Balaban J connectivity index is 1.82. The average molecular weight is 461 g/mol. The minimum atomic E-state index is -0.506. The SMILES string of the molecule is COc1cc(/C=C(\C#N)C(=O)Nc2cccc(C)c2)cc(Cl)c1OCc1ccc(C)c(C)c1. The van der Waals surface area contributed by atoms with Gasteiger partial charge in [0.05, 0.1) is 12.1 Å². The van der Waals surface area contributed by atoms with Crippen molar-refractivity contribution in [2.75, 3.05) is 12.4 Å². The standard InChI is InChI=1S/C27H25ClN2O3/c1-17-6-5-7-23(10-17)30-27(31)22(15-29)12-21-13-24(28)26(25(14-21)32-4)33-16-20-9-8-18(2)19(3)11-20/h5-14H,16H2,1-4H3,(H,30,31)/b22-12+. The molecular formula is C27H25ClN2O3. The van der Waals surface area contributed by atoms with E-state index >= 15 is 0 Å². The summed E-state index contributed by atoms with van der Waals surface area (Å²) < 4.78 is 11.4. The summed E-state index contributed by atoms with van der Waals surface area (Å²) >= 11 is 6.47. The van der Waals surface area contributed by atoms with Crippen molar-refractivity contribution in [3.8, 4) is 17.6 Å². The maximum Gasteiger partial charge on any atom is 0.266 e. The summed E-state index contributed by atoms with van der Waals surface area (Å²) in [5.74, 6) is 0.305. The molecule has 0 saturated carbocycles. The highest BCUT2D eigenvalue weighted by molar-refractivity contribution is 6.32. The molecule has 33 heavy (non-hydrogen) atoms. The van der Waals surface area contributed by atoms with Gasteiger partial charge in [-0.1, -0.05) is 41.9 Å². The van der Waals surface area contributed by atoms with Crippen molar-refractivity contribution in [3.63, 3.8) is 0 Å². The van der Waals surface area contributed by atoms with E-state index in [1.807, 2.05) is 43.3 Å². The van der Waals surface area contributed by atoms with Gasteiger partial charge in [0.25, 0.3) is 5.91 Å². The highest BCUT2D eigenvalue weighted by atomic mass is 35.5. The van der Waals surface area contributed by atoms with E-state index in [0.717, 1.165) is 11.1 Å². The zero-order valence-corrected chi connectivity index (χ0v) is 19.8. The zero-order chi connectivity index (χ0) is 24.0. The monoisotopic (exact) mass is 460 g/mol. The number of carbonyl (C=O) groups is 1. The van der Waals surface area contributed by atoms with Crippen molar-refractivity contribution < 1.29 is 14.3 Å². The number of nitrogens with one attached hydrogen (secondary N) is 1. The number of amides is 1. The molecule has 0 atom stereocenters. The third-order valence-corrected chi connectivity index (χ3v) is 5.44. The summed E-state index contributed by atoms with van der Waals surface area (Å²) in [5, 5.41) is 12.6. The minimum Gasteiger partial charge on any atom is -0.493 e. The van der Waals surface area contributed by atoms with E-state index in [1.54, 1.807) is 18.2 Å². The Morgan fingerprint density at radius 2 is 1.88 bits per heavy atom. The second kappa shape index (κ2) is 10.7. The number of anilines is 1. The number of ether oxygens (including phenoxy) is 2. The van der Waals surface area contributed by atoms with Gasteiger partial charge in [0, 0.05) is 5.69 Å². The molecule has 0 aliphatic carbocycles. The number of aryl methyl sites for hydroxylation is 3. The minimum absolute atomic E-state index is 0.0570. The lowest BCUT2D eigenvalue weighted by molar-refractivity contribution is -0.112. The van der Waals surface area contributed by atoms with Gasteiger partial charge in [-0.2, -0.15) is 5.26 Å². The van der Waals surface area contributed by atoms with Crippen LogP contribution in [0.15, 0.2) is 60.2 Å². The van der Waals surface area contributed by atoms with Crippen LogP contribution in [0.3, 0.4) is 0 Å². The van der Waals surface area contributed by atoms with Crippen LogP contribution in [0, 0.1) is 32.1 Å². The summed E-state index contributed by atoms with van der Waals surface area (Å²) in [6.45, 7) is 6.36. The topological polar surface area (TPSA) is 71.3 Å². The maximum atomic E-state index is 12.6. The molecule has 0 radical (unpaired) electrons. The highest BCUT2D eigenvalue weighted by Crippen LogP contribution is 2.37. The normalized spacial score (nSPS) is 11.0. The van der Waals surface area contributed by atoms with Crippen LogP contribution < -0.4 is 14.8 Å². The molecule has 5 nitrogen and oxygen atoms in total. The van der Waals surface area contributed by atoms with Crippen LogP contribution in [-0.4, -0.2) is 13.0 Å². The molecule has 0 heterocycles. The van der Waals surface area contributed by atoms with E-state index in [2.05, 4.69) is 25.2 Å². The van der Waals surface area contributed by atoms with E-state index in [-0.39, 0.29) is 5.57 Å². The smallest absolute Gasteiger partial charge is 0.266 e. The molecule has 1 N–H and O–H groups in total. The van der Waals surface area contributed by atoms with Crippen LogP contribution in [0.1, 0.15) is 27.8 Å². The Bertz CT molecular complexity index is 1260. The molecule has 3 aromatic carbocycles. The summed E-state index contributed by atoms with van der Waals surface area (Å²) in [4.78, 5) is 12.6. The van der Waals surface area contributed by atoms with Crippen molar-refractivity contribution in [1.29, 1.82) is 5.26 Å². The molecule has 0 aliphatic heterocycles. The molecule has 0 saturated heterocycles. The number of hydrogen-bond donors (Lipinski definition) is 1. The van der Waals surface area contributed by atoms with Crippen molar-refractivity contribution in [1.82, 2.24) is 0 Å². The number of benzene rings is 3. The predicted octanol–water partition coefficient (Wildman–Crippen LogP) is 6.40. The quantitative estimate of drug-likeness (QED) is 0.327. The number of carbonyl (C=O) groups excluding carboxylic acids is 1. The fourth-order valence-electron chi connectivity index (χ4n) is 3.25. The first-order valence-corrected chi connectivity index (χ1v) is 10.7. The molecule has 168 valence electrons. The first-order valence-electron chi connectivity index (χ1n) is 10.4. The fourth-order valence-corrected chi connectivity index (χ4v) is 3.52. The second-order valence-electron chi connectivity index (χ2n) is 7.73. The molecule has 3 rings (SSSR count). The van der Waals surface area contributed by atoms with E-state index < -0.39 is 5.91 Å². The van der Waals surface area contributed by atoms with Crippen LogP contribution in [-0.2, 0) is 11.4 Å². The third-order valence-electron chi connectivity index (χ3n) is 5.16. The first kappa shape index (κ1) is 23.9. The molecule has 3 aromatic rings. The van der Waals surface area contributed by atoms with Crippen LogP contribution in [0.25, 0.3) is 6.08 Å². The van der Waals surface area contributed by atoms with Crippen molar-refractivity contribution in [3.05, 3.63) is 93.0 Å². The molecule has 0 spiro atoms. The van der Waals surface area contributed by atoms with E-state index in [0.29, 0.717) is 34.4 Å². The fraction of sp³-hybridized carbons (Fsp3) is 0.185. The molecule has 1 amide bonds. The average Bonchev–Trinajstić information content (AvgIpc) is 2.78. The highest BCUT2D eigenvalue weighted by Gasteiger charge is 2.15. The van der Waals surface area contributed by atoms with Gasteiger partial charge in [0.2, 0.25) is 0 Å². The first-order chi connectivity index (χ1) is 15.8. The Hall–Kier alpha value is -3.75. The van der Waals surface area contributed by atoms with Gasteiger partial charge in [-0.3, -0.25) is 4.79 Å².